The number of ether oxygens (including phenoxy) is 2. The van der Waals surface area contributed by atoms with Crippen molar-refractivity contribution in [3.8, 4) is 11.5 Å². The van der Waals surface area contributed by atoms with Crippen molar-refractivity contribution < 1.29 is 9.47 Å². The Labute approximate surface area is 129 Å². The first kappa shape index (κ1) is 14.4. The number of thiazole rings is 1. The minimum Gasteiger partial charge on any atom is -0.485 e. The number of aromatic nitrogens is 1. The summed E-state index contributed by atoms with van der Waals surface area (Å²) in [7, 11) is 0. The number of para-hydroxylation sites is 2. The lowest BCUT2D eigenvalue weighted by molar-refractivity contribution is 0.0911. The minimum absolute atomic E-state index is 0.108. The van der Waals surface area contributed by atoms with Crippen molar-refractivity contribution in [3.63, 3.8) is 0 Å². The fourth-order valence-electron chi connectivity index (χ4n) is 2.18. The van der Waals surface area contributed by atoms with Crippen LogP contribution >= 0.6 is 11.3 Å². The predicted octanol–water partition coefficient (Wildman–Crippen LogP) is 3.40. The third-order valence-corrected chi connectivity index (χ3v) is 4.30. The molecule has 5 heteroatoms. The first-order valence-electron chi connectivity index (χ1n) is 7.26. The normalized spacial score (nSPS) is 17.2. The second kappa shape index (κ2) is 6.45. The molecule has 0 fully saturated rings. The van der Waals surface area contributed by atoms with Crippen LogP contribution in [0.25, 0.3) is 0 Å². The molecule has 2 heterocycles. The predicted molar refractivity (Wildman–Crippen MR) is 84.0 cm³/mol. The van der Waals surface area contributed by atoms with Gasteiger partial charge in [-0.25, -0.2) is 4.98 Å². The van der Waals surface area contributed by atoms with Crippen LogP contribution in [0.2, 0.25) is 0 Å². The number of benzene rings is 1. The highest BCUT2D eigenvalue weighted by atomic mass is 32.1. The zero-order valence-corrected chi connectivity index (χ0v) is 13.2. The van der Waals surface area contributed by atoms with E-state index in [0.717, 1.165) is 29.6 Å². The fourth-order valence-corrected chi connectivity index (χ4v) is 3.08. The topological polar surface area (TPSA) is 43.4 Å². The van der Waals surface area contributed by atoms with Gasteiger partial charge in [0.05, 0.1) is 0 Å². The molecule has 2 aromatic rings. The SMILES string of the molecule is CC(C)CNCc1cnc(C2COc3ccccc3O2)s1. The number of fused-ring (bicyclic) bond motifs is 1. The Kier molecular flexibility index (Phi) is 4.41. The van der Waals surface area contributed by atoms with E-state index in [0.29, 0.717) is 12.5 Å². The van der Waals surface area contributed by atoms with Gasteiger partial charge in [0, 0.05) is 17.6 Å². The standard InChI is InChI=1S/C16H20N2O2S/c1-11(2)7-17-8-12-9-18-16(21-12)15-10-19-13-5-3-4-6-14(13)20-15/h3-6,9,11,15,17H,7-8,10H2,1-2H3. The Hall–Kier alpha value is -1.59. The zero-order chi connectivity index (χ0) is 14.7. The summed E-state index contributed by atoms with van der Waals surface area (Å²) in [6, 6.07) is 7.76. The first-order valence-corrected chi connectivity index (χ1v) is 8.08. The van der Waals surface area contributed by atoms with Gasteiger partial charge in [0.15, 0.2) is 17.6 Å². The molecule has 3 rings (SSSR count). The molecule has 0 bridgehead atoms. The summed E-state index contributed by atoms with van der Waals surface area (Å²) in [6.45, 7) is 6.80. The van der Waals surface area contributed by atoms with E-state index in [4.69, 9.17) is 9.47 Å². The Balaban J connectivity index is 1.62. The van der Waals surface area contributed by atoms with Crippen molar-refractivity contribution in [2.24, 2.45) is 5.92 Å². The van der Waals surface area contributed by atoms with Crippen LogP contribution in [0.5, 0.6) is 11.5 Å². The molecule has 1 aromatic carbocycles. The lowest BCUT2D eigenvalue weighted by Crippen LogP contribution is -2.21. The molecule has 0 radical (unpaired) electrons. The van der Waals surface area contributed by atoms with E-state index in [-0.39, 0.29) is 6.10 Å². The van der Waals surface area contributed by atoms with E-state index in [1.165, 1.54) is 4.88 Å². The molecule has 1 aliphatic rings. The van der Waals surface area contributed by atoms with Crippen molar-refractivity contribution in [3.05, 3.63) is 40.3 Å². The molecule has 1 atom stereocenters. The molecule has 4 nitrogen and oxygen atoms in total. The average molecular weight is 304 g/mol. The van der Waals surface area contributed by atoms with E-state index in [9.17, 15) is 0 Å². The van der Waals surface area contributed by atoms with Crippen LogP contribution in [0.15, 0.2) is 30.5 Å². The van der Waals surface area contributed by atoms with Gasteiger partial charge >= 0.3 is 0 Å². The highest BCUT2D eigenvalue weighted by Gasteiger charge is 2.24. The third-order valence-electron chi connectivity index (χ3n) is 3.21. The summed E-state index contributed by atoms with van der Waals surface area (Å²) in [5.74, 6) is 2.26. The number of hydrogen-bond acceptors (Lipinski definition) is 5. The van der Waals surface area contributed by atoms with Gasteiger partial charge in [0.1, 0.15) is 11.6 Å². The Morgan fingerprint density at radius 2 is 2.14 bits per heavy atom. The van der Waals surface area contributed by atoms with E-state index in [2.05, 4.69) is 24.1 Å². The van der Waals surface area contributed by atoms with Crippen LogP contribution in [0.3, 0.4) is 0 Å². The van der Waals surface area contributed by atoms with Gasteiger partial charge in [-0.3, -0.25) is 0 Å². The largest absolute Gasteiger partial charge is 0.485 e. The van der Waals surface area contributed by atoms with Crippen LogP contribution in [0, 0.1) is 5.92 Å². The maximum absolute atomic E-state index is 5.98. The molecule has 0 saturated heterocycles. The van der Waals surface area contributed by atoms with Gasteiger partial charge in [0.2, 0.25) is 0 Å². The Morgan fingerprint density at radius 3 is 2.95 bits per heavy atom. The van der Waals surface area contributed by atoms with E-state index in [1.54, 1.807) is 11.3 Å². The second-order valence-electron chi connectivity index (χ2n) is 5.55. The average Bonchev–Trinajstić information content (AvgIpc) is 2.95. The molecular formula is C16H20N2O2S. The van der Waals surface area contributed by atoms with Crippen LogP contribution < -0.4 is 14.8 Å². The molecular weight excluding hydrogens is 284 g/mol. The van der Waals surface area contributed by atoms with Crippen molar-refractivity contribution in [1.82, 2.24) is 10.3 Å². The highest BCUT2D eigenvalue weighted by Crippen LogP contribution is 2.36. The van der Waals surface area contributed by atoms with E-state index >= 15 is 0 Å². The quantitative estimate of drug-likeness (QED) is 0.919. The summed E-state index contributed by atoms with van der Waals surface area (Å²) < 4.78 is 11.7. The monoisotopic (exact) mass is 304 g/mol. The van der Waals surface area contributed by atoms with Crippen molar-refractivity contribution in [2.45, 2.75) is 26.5 Å². The fraction of sp³-hybridized carbons (Fsp3) is 0.438. The summed E-state index contributed by atoms with van der Waals surface area (Å²) in [5, 5.41) is 4.41. The van der Waals surface area contributed by atoms with Crippen molar-refractivity contribution in [1.29, 1.82) is 0 Å². The van der Waals surface area contributed by atoms with Gasteiger partial charge in [-0.15, -0.1) is 11.3 Å². The maximum Gasteiger partial charge on any atom is 0.184 e. The van der Waals surface area contributed by atoms with Gasteiger partial charge in [-0.05, 0) is 24.6 Å². The molecule has 0 saturated carbocycles. The molecule has 0 aliphatic carbocycles. The molecule has 1 aromatic heterocycles. The lowest BCUT2D eigenvalue weighted by atomic mass is 10.2. The number of nitrogens with zero attached hydrogens (tertiary/aromatic N) is 1. The minimum atomic E-state index is -0.108. The molecule has 1 aliphatic heterocycles. The van der Waals surface area contributed by atoms with Gasteiger partial charge in [0.25, 0.3) is 0 Å². The van der Waals surface area contributed by atoms with Gasteiger partial charge in [-0.1, -0.05) is 26.0 Å². The van der Waals surface area contributed by atoms with Crippen LogP contribution in [0.4, 0.5) is 0 Å². The number of hydrogen-bond donors (Lipinski definition) is 1. The van der Waals surface area contributed by atoms with E-state index in [1.807, 2.05) is 30.5 Å². The van der Waals surface area contributed by atoms with Crippen molar-refractivity contribution >= 4 is 11.3 Å². The summed E-state index contributed by atoms with van der Waals surface area (Å²) >= 11 is 1.69. The van der Waals surface area contributed by atoms with Crippen LogP contribution in [-0.2, 0) is 6.54 Å². The summed E-state index contributed by atoms with van der Waals surface area (Å²) in [6.07, 6.45) is 1.82. The molecule has 1 unspecified atom stereocenters. The summed E-state index contributed by atoms with van der Waals surface area (Å²) in [4.78, 5) is 5.71. The Morgan fingerprint density at radius 1 is 1.33 bits per heavy atom. The van der Waals surface area contributed by atoms with Crippen molar-refractivity contribution in [2.75, 3.05) is 13.2 Å². The molecule has 21 heavy (non-hydrogen) atoms. The highest BCUT2D eigenvalue weighted by molar-refractivity contribution is 7.11. The third kappa shape index (κ3) is 3.54. The second-order valence-corrected chi connectivity index (χ2v) is 6.70. The number of nitrogens with one attached hydrogen (secondary N) is 1. The maximum atomic E-state index is 5.98. The van der Waals surface area contributed by atoms with Crippen LogP contribution in [-0.4, -0.2) is 18.1 Å². The molecule has 0 spiro atoms. The van der Waals surface area contributed by atoms with E-state index < -0.39 is 0 Å². The summed E-state index contributed by atoms with van der Waals surface area (Å²) in [5.41, 5.74) is 0. The lowest BCUT2D eigenvalue weighted by Gasteiger charge is -2.24. The zero-order valence-electron chi connectivity index (χ0n) is 12.3. The van der Waals surface area contributed by atoms with Crippen LogP contribution in [0.1, 0.15) is 29.8 Å². The first-order chi connectivity index (χ1) is 10.2. The number of rotatable bonds is 5. The van der Waals surface area contributed by atoms with Gasteiger partial charge < -0.3 is 14.8 Å². The molecule has 1 N–H and O–H groups in total. The molecule has 0 amide bonds. The molecule has 112 valence electrons. The van der Waals surface area contributed by atoms with Gasteiger partial charge in [-0.2, -0.15) is 0 Å². The Bertz CT molecular complexity index is 597. The smallest absolute Gasteiger partial charge is 0.184 e.